The number of ether oxygens (including phenoxy) is 2. The molecule has 0 saturated heterocycles. The van der Waals surface area contributed by atoms with Gasteiger partial charge in [-0.2, -0.15) is 0 Å². The van der Waals surface area contributed by atoms with E-state index in [4.69, 9.17) is 9.47 Å². The molecule has 1 aromatic rings. The van der Waals surface area contributed by atoms with E-state index in [0.717, 1.165) is 0 Å². The summed E-state index contributed by atoms with van der Waals surface area (Å²) in [5.41, 5.74) is -1.11. The highest BCUT2D eigenvalue weighted by molar-refractivity contribution is 6.00. The Hall–Kier alpha value is -2.64. The molecule has 144 valence electrons. The highest BCUT2D eigenvalue weighted by atomic mass is 16.6. The summed E-state index contributed by atoms with van der Waals surface area (Å²) < 4.78 is 10.4. The normalized spacial score (nSPS) is 11.5. The van der Waals surface area contributed by atoms with Gasteiger partial charge in [0.1, 0.15) is 22.6 Å². The zero-order chi connectivity index (χ0) is 20.0. The lowest BCUT2D eigenvalue weighted by atomic mass is 10.2. The van der Waals surface area contributed by atoms with E-state index in [-0.39, 0.29) is 24.3 Å². The van der Waals surface area contributed by atoms with Crippen molar-refractivity contribution < 1.29 is 23.9 Å². The maximum absolute atomic E-state index is 12.2. The molecule has 2 amide bonds. The van der Waals surface area contributed by atoms with E-state index in [0.29, 0.717) is 0 Å². The van der Waals surface area contributed by atoms with Gasteiger partial charge in [0.15, 0.2) is 0 Å². The summed E-state index contributed by atoms with van der Waals surface area (Å²) in [5.74, 6) is -0.860. The monoisotopic (exact) mass is 365 g/mol. The van der Waals surface area contributed by atoms with Crippen molar-refractivity contribution in [1.82, 2.24) is 10.3 Å². The fraction of sp³-hybridized carbons (Fsp3) is 0.556. The number of anilines is 1. The first-order chi connectivity index (χ1) is 11.9. The average molecular weight is 365 g/mol. The highest BCUT2D eigenvalue weighted by Crippen LogP contribution is 2.17. The van der Waals surface area contributed by atoms with Gasteiger partial charge in [-0.15, -0.1) is 0 Å². The zero-order valence-corrected chi connectivity index (χ0v) is 16.1. The van der Waals surface area contributed by atoms with Crippen LogP contribution in [0.5, 0.6) is 0 Å². The third-order valence-corrected chi connectivity index (χ3v) is 2.70. The number of alkyl carbamates (subject to hydrolysis) is 1. The number of carbonyl (C=O) groups excluding carboxylic acids is 3. The Bertz CT molecular complexity index is 660. The Morgan fingerprint density at radius 1 is 1.04 bits per heavy atom. The molecule has 0 bridgehead atoms. The van der Waals surface area contributed by atoms with Crippen LogP contribution in [0.2, 0.25) is 0 Å². The first-order valence-corrected chi connectivity index (χ1v) is 8.32. The van der Waals surface area contributed by atoms with Crippen molar-refractivity contribution in [2.75, 3.05) is 11.9 Å². The molecule has 8 nitrogen and oxygen atoms in total. The van der Waals surface area contributed by atoms with Crippen LogP contribution >= 0.6 is 0 Å². The number of hydrogen-bond donors (Lipinski definition) is 2. The number of pyridine rings is 1. The summed E-state index contributed by atoms with van der Waals surface area (Å²) in [6.45, 7) is 10.6. The van der Waals surface area contributed by atoms with Crippen molar-refractivity contribution in [2.45, 2.75) is 59.2 Å². The number of amides is 2. The first kappa shape index (κ1) is 21.4. The minimum atomic E-state index is -0.661. The maximum Gasteiger partial charge on any atom is 0.407 e. The van der Waals surface area contributed by atoms with Crippen molar-refractivity contribution in [2.24, 2.45) is 0 Å². The van der Waals surface area contributed by atoms with Crippen LogP contribution in [0.4, 0.5) is 10.6 Å². The number of nitrogens with one attached hydrogen (secondary N) is 2. The van der Waals surface area contributed by atoms with Gasteiger partial charge in [-0.1, -0.05) is 0 Å². The van der Waals surface area contributed by atoms with Gasteiger partial charge in [0.25, 0.3) is 0 Å². The maximum atomic E-state index is 12.2. The molecule has 0 unspecified atom stereocenters. The van der Waals surface area contributed by atoms with Crippen molar-refractivity contribution in [3.8, 4) is 0 Å². The Morgan fingerprint density at radius 2 is 1.65 bits per heavy atom. The molecule has 0 spiro atoms. The molecule has 0 atom stereocenters. The second-order valence-electron chi connectivity index (χ2n) is 7.63. The van der Waals surface area contributed by atoms with Crippen LogP contribution < -0.4 is 10.6 Å². The van der Waals surface area contributed by atoms with Crippen LogP contribution in [0.15, 0.2) is 18.3 Å². The molecule has 0 radical (unpaired) electrons. The Labute approximate surface area is 153 Å². The van der Waals surface area contributed by atoms with Gasteiger partial charge >= 0.3 is 12.1 Å². The second-order valence-corrected chi connectivity index (χ2v) is 7.63. The molecule has 0 aliphatic heterocycles. The van der Waals surface area contributed by atoms with E-state index in [1.165, 1.54) is 12.3 Å². The summed E-state index contributed by atoms with van der Waals surface area (Å²) in [4.78, 5) is 39.8. The van der Waals surface area contributed by atoms with E-state index in [2.05, 4.69) is 15.6 Å². The third-order valence-electron chi connectivity index (χ3n) is 2.70. The van der Waals surface area contributed by atoms with Gasteiger partial charge in [0, 0.05) is 19.2 Å². The zero-order valence-electron chi connectivity index (χ0n) is 16.1. The van der Waals surface area contributed by atoms with Crippen molar-refractivity contribution >= 4 is 23.8 Å². The molecule has 0 aromatic carbocycles. The highest BCUT2D eigenvalue weighted by Gasteiger charge is 2.22. The van der Waals surface area contributed by atoms with Gasteiger partial charge in [-0.25, -0.2) is 14.6 Å². The van der Waals surface area contributed by atoms with Crippen molar-refractivity contribution in [3.05, 3.63) is 23.9 Å². The van der Waals surface area contributed by atoms with E-state index in [1.54, 1.807) is 47.6 Å². The molecular formula is C18H27N3O5. The smallest absolute Gasteiger partial charge is 0.407 e. The third kappa shape index (κ3) is 8.46. The van der Waals surface area contributed by atoms with E-state index in [9.17, 15) is 14.4 Å². The quantitative estimate of drug-likeness (QED) is 0.777. The van der Waals surface area contributed by atoms with Gasteiger partial charge in [0.2, 0.25) is 5.91 Å². The lowest BCUT2D eigenvalue weighted by Gasteiger charge is -2.20. The SMILES string of the molecule is CC(C)(C)OC(=O)NCCC(=O)Nc1ncccc1C(=O)OC(C)(C)C. The fourth-order valence-corrected chi connectivity index (χ4v) is 1.79. The van der Waals surface area contributed by atoms with Crippen LogP contribution in [0.25, 0.3) is 0 Å². The summed E-state index contributed by atoms with van der Waals surface area (Å²) in [6.07, 6.45) is 0.865. The number of rotatable bonds is 5. The molecule has 1 heterocycles. The summed E-state index contributed by atoms with van der Waals surface area (Å²) in [6, 6.07) is 3.11. The molecule has 0 fully saturated rings. The van der Waals surface area contributed by atoms with Gasteiger partial charge in [-0.05, 0) is 53.7 Å². The molecule has 1 aromatic heterocycles. The van der Waals surface area contributed by atoms with Crippen LogP contribution in [0.1, 0.15) is 58.3 Å². The number of hydrogen-bond acceptors (Lipinski definition) is 6. The molecule has 2 N–H and O–H groups in total. The Balaban J connectivity index is 2.60. The van der Waals surface area contributed by atoms with Crippen LogP contribution in [-0.2, 0) is 14.3 Å². The predicted octanol–water partition coefficient (Wildman–Crippen LogP) is 2.89. The number of esters is 1. The molecule has 1 rings (SSSR count). The van der Waals surface area contributed by atoms with Crippen molar-refractivity contribution in [1.29, 1.82) is 0 Å². The Morgan fingerprint density at radius 3 is 2.23 bits per heavy atom. The van der Waals surface area contributed by atoms with Crippen LogP contribution in [-0.4, -0.2) is 40.7 Å². The lowest BCUT2D eigenvalue weighted by molar-refractivity contribution is -0.116. The molecule has 26 heavy (non-hydrogen) atoms. The summed E-state index contributed by atoms with van der Waals surface area (Å²) in [7, 11) is 0. The molecule has 8 heteroatoms. The second kappa shape index (κ2) is 8.64. The van der Waals surface area contributed by atoms with E-state index in [1.807, 2.05) is 0 Å². The molecular weight excluding hydrogens is 338 g/mol. The minimum Gasteiger partial charge on any atom is -0.456 e. The topological polar surface area (TPSA) is 107 Å². The van der Waals surface area contributed by atoms with Crippen LogP contribution in [0, 0.1) is 0 Å². The average Bonchev–Trinajstić information content (AvgIpc) is 2.43. The molecule has 0 aliphatic rings. The first-order valence-electron chi connectivity index (χ1n) is 8.32. The standard InChI is InChI=1S/C18H27N3O5/c1-17(2,3)25-15(23)12-8-7-10-19-14(12)21-13(22)9-11-20-16(24)26-18(4,5)6/h7-8,10H,9,11H2,1-6H3,(H,20,24)(H,19,21,22). The van der Waals surface area contributed by atoms with Crippen molar-refractivity contribution in [3.63, 3.8) is 0 Å². The fourth-order valence-electron chi connectivity index (χ4n) is 1.79. The van der Waals surface area contributed by atoms with Gasteiger partial charge in [0.05, 0.1) is 0 Å². The van der Waals surface area contributed by atoms with E-state index < -0.39 is 29.2 Å². The van der Waals surface area contributed by atoms with Crippen LogP contribution in [0.3, 0.4) is 0 Å². The summed E-state index contributed by atoms with van der Waals surface area (Å²) in [5, 5.41) is 5.05. The van der Waals surface area contributed by atoms with E-state index >= 15 is 0 Å². The number of carbonyl (C=O) groups is 3. The predicted molar refractivity (Wildman–Crippen MR) is 96.9 cm³/mol. The largest absolute Gasteiger partial charge is 0.456 e. The Kier molecular flexibility index (Phi) is 7.11. The van der Waals surface area contributed by atoms with Gasteiger partial charge in [-0.3, -0.25) is 4.79 Å². The summed E-state index contributed by atoms with van der Waals surface area (Å²) >= 11 is 0. The van der Waals surface area contributed by atoms with Gasteiger partial charge < -0.3 is 20.1 Å². The minimum absolute atomic E-state index is 0.00355. The number of aromatic nitrogens is 1. The molecule has 0 saturated carbocycles. The lowest BCUT2D eigenvalue weighted by Crippen LogP contribution is -2.34. The molecule has 0 aliphatic carbocycles. The number of nitrogens with zero attached hydrogens (tertiary/aromatic N) is 1.